The maximum absolute atomic E-state index is 9.81. The molecule has 1 heterocycles. The Morgan fingerprint density at radius 2 is 2.18 bits per heavy atom. The van der Waals surface area contributed by atoms with Gasteiger partial charge in [-0.1, -0.05) is 13.0 Å². The lowest BCUT2D eigenvalue weighted by molar-refractivity contribution is 0.375. The number of aromatic hydroxyl groups is 1. The third-order valence-corrected chi connectivity index (χ3v) is 3.83. The number of nitrogens with one attached hydrogen (secondary N) is 1. The average Bonchev–Trinajstić information content (AvgIpc) is 2.34. The molecule has 1 saturated heterocycles. The molecule has 0 spiro atoms. The van der Waals surface area contributed by atoms with Crippen molar-refractivity contribution in [2.24, 2.45) is 5.92 Å². The van der Waals surface area contributed by atoms with E-state index in [0.29, 0.717) is 5.75 Å². The third-order valence-electron chi connectivity index (χ3n) is 3.83. The summed E-state index contributed by atoms with van der Waals surface area (Å²) < 4.78 is 0. The summed E-state index contributed by atoms with van der Waals surface area (Å²) in [4.78, 5) is 0. The van der Waals surface area contributed by atoms with E-state index in [4.69, 9.17) is 0 Å². The minimum Gasteiger partial charge on any atom is -0.508 e. The topological polar surface area (TPSA) is 32.3 Å². The fraction of sp³-hybridized carbons (Fsp3) is 0.600. The van der Waals surface area contributed by atoms with E-state index in [1.165, 1.54) is 30.5 Å². The highest BCUT2D eigenvalue weighted by Crippen LogP contribution is 2.26. The first-order valence-corrected chi connectivity index (χ1v) is 6.72. The summed E-state index contributed by atoms with van der Waals surface area (Å²) in [6, 6.07) is 4.11. The van der Waals surface area contributed by atoms with E-state index in [-0.39, 0.29) is 0 Å². The Morgan fingerprint density at radius 3 is 2.82 bits per heavy atom. The van der Waals surface area contributed by atoms with Crippen molar-refractivity contribution in [1.29, 1.82) is 0 Å². The molecule has 1 fully saturated rings. The van der Waals surface area contributed by atoms with Crippen LogP contribution < -0.4 is 5.32 Å². The maximum Gasteiger partial charge on any atom is 0.119 e. The number of rotatable bonds is 3. The number of phenolic OH excluding ortho intramolecular Hbond substituents is 1. The van der Waals surface area contributed by atoms with Crippen LogP contribution in [0.1, 0.15) is 36.5 Å². The molecule has 0 amide bonds. The van der Waals surface area contributed by atoms with Crippen molar-refractivity contribution < 1.29 is 5.11 Å². The van der Waals surface area contributed by atoms with Crippen LogP contribution in [0.4, 0.5) is 0 Å². The monoisotopic (exact) mass is 233 g/mol. The summed E-state index contributed by atoms with van der Waals surface area (Å²) in [5.74, 6) is 1.22. The van der Waals surface area contributed by atoms with Crippen molar-refractivity contribution in [3.63, 3.8) is 0 Å². The van der Waals surface area contributed by atoms with Gasteiger partial charge in [0.2, 0.25) is 0 Å². The molecule has 0 aliphatic carbocycles. The molecule has 2 nitrogen and oxygen atoms in total. The molecule has 94 valence electrons. The van der Waals surface area contributed by atoms with Gasteiger partial charge in [-0.2, -0.15) is 0 Å². The van der Waals surface area contributed by atoms with E-state index >= 15 is 0 Å². The summed E-state index contributed by atoms with van der Waals surface area (Å²) in [5, 5.41) is 13.3. The third kappa shape index (κ3) is 3.01. The molecular formula is C15H23NO. The van der Waals surface area contributed by atoms with Gasteiger partial charge in [0.05, 0.1) is 0 Å². The molecule has 2 rings (SSSR count). The minimum absolute atomic E-state index is 0.454. The first-order chi connectivity index (χ1) is 8.20. The summed E-state index contributed by atoms with van der Waals surface area (Å²) in [6.45, 7) is 6.51. The van der Waals surface area contributed by atoms with E-state index in [0.717, 1.165) is 30.9 Å². The van der Waals surface area contributed by atoms with Crippen molar-refractivity contribution in [2.45, 2.75) is 39.5 Å². The van der Waals surface area contributed by atoms with Crippen LogP contribution in [0.25, 0.3) is 0 Å². The van der Waals surface area contributed by atoms with Crippen LogP contribution >= 0.6 is 0 Å². The smallest absolute Gasteiger partial charge is 0.119 e. The standard InChI is InChI=1S/C15H23NO/c1-3-13-9-14(11(2)7-15(13)17)8-12-5-4-6-16-10-12/h7,9,12,16-17H,3-6,8,10H2,1-2H3. The Bertz CT molecular complexity index is 381. The maximum atomic E-state index is 9.81. The Kier molecular flexibility index (Phi) is 4.06. The zero-order valence-corrected chi connectivity index (χ0v) is 10.9. The molecule has 1 atom stereocenters. The Balaban J connectivity index is 2.13. The van der Waals surface area contributed by atoms with E-state index in [1.54, 1.807) is 0 Å². The zero-order chi connectivity index (χ0) is 12.3. The molecular weight excluding hydrogens is 210 g/mol. The molecule has 17 heavy (non-hydrogen) atoms. The number of piperidine rings is 1. The van der Waals surface area contributed by atoms with Gasteiger partial charge in [-0.05, 0) is 74.4 Å². The van der Waals surface area contributed by atoms with Crippen molar-refractivity contribution in [1.82, 2.24) is 5.32 Å². The van der Waals surface area contributed by atoms with Gasteiger partial charge >= 0.3 is 0 Å². The van der Waals surface area contributed by atoms with Crippen molar-refractivity contribution in [3.8, 4) is 5.75 Å². The lowest BCUT2D eigenvalue weighted by Crippen LogP contribution is -2.31. The first kappa shape index (κ1) is 12.4. The second kappa shape index (κ2) is 5.54. The van der Waals surface area contributed by atoms with Crippen molar-refractivity contribution in [2.75, 3.05) is 13.1 Å². The molecule has 1 aliphatic heterocycles. The first-order valence-electron chi connectivity index (χ1n) is 6.72. The minimum atomic E-state index is 0.454. The van der Waals surface area contributed by atoms with E-state index < -0.39 is 0 Å². The molecule has 1 aromatic rings. The van der Waals surface area contributed by atoms with Crippen LogP contribution in [-0.4, -0.2) is 18.2 Å². The highest BCUT2D eigenvalue weighted by atomic mass is 16.3. The summed E-state index contributed by atoms with van der Waals surface area (Å²) in [5.41, 5.74) is 3.72. The molecule has 1 aromatic carbocycles. The summed E-state index contributed by atoms with van der Waals surface area (Å²) in [6.07, 6.45) is 4.67. The van der Waals surface area contributed by atoms with Gasteiger partial charge in [0.1, 0.15) is 5.75 Å². The van der Waals surface area contributed by atoms with Gasteiger partial charge in [-0.25, -0.2) is 0 Å². The SMILES string of the molecule is CCc1cc(CC2CCCNC2)c(C)cc1O. The number of benzene rings is 1. The molecule has 1 unspecified atom stereocenters. The predicted molar refractivity (Wildman–Crippen MR) is 71.5 cm³/mol. The number of phenols is 1. The molecule has 0 saturated carbocycles. The number of hydrogen-bond acceptors (Lipinski definition) is 2. The fourth-order valence-electron chi connectivity index (χ4n) is 2.70. The van der Waals surface area contributed by atoms with Gasteiger partial charge in [-0.3, -0.25) is 0 Å². The van der Waals surface area contributed by atoms with Crippen LogP contribution in [0, 0.1) is 12.8 Å². The van der Waals surface area contributed by atoms with Crippen LogP contribution in [0.3, 0.4) is 0 Å². The lowest BCUT2D eigenvalue weighted by atomic mass is 9.89. The fourth-order valence-corrected chi connectivity index (χ4v) is 2.70. The van der Waals surface area contributed by atoms with Crippen LogP contribution in [0.2, 0.25) is 0 Å². The number of hydrogen-bond donors (Lipinski definition) is 2. The quantitative estimate of drug-likeness (QED) is 0.841. The highest BCUT2D eigenvalue weighted by Gasteiger charge is 2.15. The molecule has 2 N–H and O–H groups in total. The molecule has 0 bridgehead atoms. The molecule has 0 aromatic heterocycles. The van der Waals surface area contributed by atoms with Crippen LogP contribution in [-0.2, 0) is 12.8 Å². The van der Waals surface area contributed by atoms with Gasteiger partial charge in [0, 0.05) is 0 Å². The van der Waals surface area contributed by atoms with Gasteiger partial charge in [0.15, 0.2) is 0 Å². The van der Waals surface area contributed by atoms with Crippen molar-refractivity contribution >= 4 is 0 Å². The second-order valence-corrected chi connectivity index (χ2v) is 5.18. The van der Waals surface area contributed by atoms with Gasteiger partial charge in [0.25, 0.3) is 0 Å². The van der Waals surface area contributed by atoms with E-state index in [1.807, 2.05) is 6.07 Å². The van der Waals surface area contributed by atoms with E-state index in [2.05, 4.69) is 25.2 Å². The summed E-state index contributed by atoms with van der Waals surface area (Å²) in [7, 11) is 0. The van der Waals surface area contributed by atoms with Crippen LogP contribution in [0.15, 0.2) is 12.1 Å². The molecule has 0 radical (unpaired) electrons. The Morgan fingerprint density at radius 1 is 1.35 bits per heavy atom. The largest absolute Gasteiger partial charge is 0.508 e. The number of aryl methyl sites for hydroxylation is 2. The van der Waals surface area contributed by atoms with Gasteiger partial charge in [-0.15, -0.1) is 0 Å². The lowest BCUT2D eigenvalue weighted by Gasteiger charge is -2.23. The average molecular weight is 233 g/mol. The molecule has 1 aliphatic rings. The second-order valence-electron chi connectivity index (χ2n) is 5.18. The Hall–Kier alpha value is -1.02. The Labute approximate surface area is 104 Å². The summed E-state index contributed by atoms with van der Waals surface area (Å²) >= 11 is 0. The molecule has 2 heteroatoms. The van der Waals surface area contributed by atoms with Crippen molar-refractivity contribution in [3.05, 3.63) is 28.8 Å². The predicted octanol–water partition coefficient (Wildman–Crippen LogP) is 2.81. The van der Waals surface area contributed by atoms with Gasteiger partial charge < -0.3 is 10.4 Å². The highest BCUT2D eigenvalue weighted by molar-refractivity contribution is 5.41. The zero-order valence-electron chi connectivity index (χ0n) is 10.9. The van der Waals surface area contributed by atoms with Crippen LogP contribution in [0.5, 0.6) is 5.75 Å². The van der Waals surface area contributed by atoms with E-state index in [9.17, 15) is 5.11 Å². The normalized spacial score (nSPS) is 20.5.